The van der Waals surface area contributed by atoms with Gasteiger partial charge in [-0.15, -0.1) is 0 Å². The summed E-state index contributed by atoms with van der Waals surface area (Å²) in [7, 11) is 0. The summed E-state index contributed by atoms with van der Waals surface area (Å²) in [6.45, 7) is 3.19. The zero-order chi connectivity index (χ0) is 13.5. The Morgan fingerprint density at radius 2 is 2.16 bits per heavy atom. The lowest BCUT2D eigenvalue weighted by Crippen LogP contribution is -2.31. The molecule has 19 heavy (non-hydrogen) atoms. The van der Waals surface area contributed by atoms with Crippen molar-refractivity contribution < 1.29 is 9.53 Å². The third-order valence-electron chi connectivity index (χ3n) is 2.58. The maximum Gasteiger partial charge on any atom is 0.241 e. The van der Waals surface area contributed by atoms with Crippen LogP contribution in [0.5, 0.6) is 5.75 Å². The number of aromatic nitrogens is 2. The molecule has 0 atom stereocenters. The van der Waals surface area contributed by atoms with Crippen LogP contribution < -0.4 is 10.1 Å². The minimum Gasteiger partial charge on any atom is -0.492 e. The van der Waals surface area contributed by atoms with Gasteiger partial charge in [0, 0.05) is 12.4 Å². The highest BCUT2D eigenvalue weighted by atomic mass is 16.5. The van der Waals surface area contributed by atoms with Crippen molar-refractivity contribution in [1.29, 1.82) is 0 Å². The van der Waals surface area contributed by atoms with Crippen molar-refractivity contribution in [2.45, 2.75) is 13.5 Å². The molecule has 2 aromatic rings. The number of nitrogens with zero attached hydrogens (tertiary/aromatic N) is 2. The van der Waals surface area contributed by atoms with Gasteiger partial charge in [0.15, 0.2) is 0 Å². The van der Waals surface area contributed by atoms with Crippen LogP contribution in [0.15, 0.2) is 42.7 Å². The van der Waals surface area contributed by atoms with Crippen LogP contribution in [0.3, 0.4) is 0 Å². The molecule has 1 aromatic carbocycles. The van der Waals surface area contributed by atoms with Crippen molar-refractivity contribution in [3.8, 4) is 5.75 Å². The SMILES string of the molecule is Cc1ccc(OCCNC(=O)Cn2cccn2)cc1. The zero-order valence-corrected chi connectivity index (χ0v) is 10.9. The molecule has 0 aliphatic rings. The highest BCUT2D eigenvalue weighted by molar-refractivity contribution is 5.75. The first kappa shape index (κ1) is 13.1. The molecule has 1 aromatic heterocycles. The van der Waals surface area contributed by atoms with Crippen molar-refractivity contribution in [2.75, 3.05) is 13.2 Å². The summed E-state index contributed by atoms with van der Waals surface area (Å²) in [5.41, 5.74) is 1.19. The lowest BCUT2D eigenvalue weighted by Gasteiger charge is -2.08. The van der Waals surface area contributed by atoms with Gasteiger partial charge < -0.3 is 10.1 Å². The Morgan fingerprint density at radius 1 is 1.37 bits per heavy atom. The van der Waals surface area contributed by atoms with Gasteiger partial charge in [0.1, 0.15) is 18.9 Å². The molecule has 0 saturated heterocycles. The molecule has 1 amide bonds. The van der Waals surface area contributed by atoms with Gasteiger partial charge in [-0.05, 0) is 25.1 Å². The van der Waals surface area contributed by atoms with E-state index in [1.165, 1.54) is 5.56 Å². The normalized spacial score (nSPS) is 10.2. The van der Waals surface area contributed by atoms with Crippen molar-refractivity contribution in [3.63, 3.8) is 0 Å². The summed E-state index contributed by atoms with van der Waals surface area (Å²) in [5, 5.41) is 6.74. The summed E-state index contributed by atoms with van der Waals surface area (Å²) in [4.78, 5) is 11.5. The van der Waals surface area contributed by atoms with Gasteiger partial charge in [-0.1, -0.05) is 17.7 Å². The molecule has 0 saturated carbocycles. The fraction of sp³-hybridized carbons (Fsp3) is 0.286. The van der Waals surface area contributed by atoms with Crippen molar-refractivity contribution >= 4 is 5.91 Å². The molecule has 1 heterocycles. The lowest BCUT2D eigenvalue weighted by atomic mass is 10.2. The van der Waals surface area contributed by atoms with Crippen molar-refractivity contribution in [1.82, 2.24) is 15.1 Å². The van der Waals surface area contributed by atoms with Gasteiger partial charge in [0.25, 0.3) is 0 Å². The highest BCUT2D eigenvalue weighted by Crippen LogP contribution is 2.10. The zero-order valence-electron chi connectivity index (χ0n) is 10.9. The van der Waals surface area contributed by atoms with Gasteiger partial charge in [0.05, 0.1) is 6.54 Å². The predicted molar refractivity (Wildman–Crippen MR) is 71.9 cm³/mol. The Balaban J connectivity index is 1.64. The van der Waals surface area contributed by atoms with Crippen LogP contribution in [0.1, 0.15) is 5.56 Å². The molecular formula is C14H17N3O2. The average molecular weight is 259 g/mol. The topological polar surface area (TPSA) is 56.1 Å². The van der Waals surface area contributed by atoms with Crippen LogP contribution >= 0.6 is 0 Å². The second kappa shape index (κ2) is 6.58. The van der Waals surface area contributed by atoms with Crippen LogP contribution in [0, 0.1) is 6.92 Å². The minimum absolute atomic E-state index is 0.0730. The van der Waals surface area contributed by atoms with E-state index in [9.17, 15) is 4.79 Å². The van der Waals surface area contributed by atoms with Crippen LogP contribution in [0.2, 0.25) is 0 Å². The van der Waals surface area contributed by atoms with Crippen molar-refractivity contribution in [2.24, 2.45) is 0 Å². The smallest absolute Gasteiger partial charge is 0.241 e. The van der Waals surface area contributed by atoms with Gasteiger partial charge in [0.2, 0.25) is 5.91 Å². The molecule has 5 heteroatoms. The van der Waals surface area contributed by atoms with E-state index in [-0.39, 0.29) is 12.5 Å². The molecule has 2 rings (SSSR count). The molecule has 0 unspecified atom stereocenters. The number of nitrogens with one attached hydrogen (secondary N) is 1. The van der Waals surface area contributed by atoms with E-state index in [0.29, 0.717) is 13.2 Å². The van der Waals surface area contributed by atoms with Crippen LogP contribution in [0.4, 0.5) is 0 Å². The Kier molecular flexibility index (Phi) is 4.55. The van der Waals surface area contributed by atoms with Crippen molar-refractivity contribution in [3.05, 3.63) is 48.3 Å². The standard InChI is InChI=1S/C14H17N3O2/c1-12-3-5-13(6-4-12)19-10-8-15-14(18)11-17-9-2-7-16-17/h2-7,9H,8,10-11H2,1H3,(H,15,18). The van der Waals surface area contributed by atoms with E-state index >= 15 is 0 Å². The third-order valence-corrected chi connectivity index (χ3v) is 2.58. The number of ether oxygens (including phenoxy) is 1. The molecule has 100 valence electrons. The predicted octanol–water partition coefficient (Wildman–Crippen LogP) is 1.39. The molecule has 0 aliphatic heterocycles. The summed E-state index contributed by atoms with van der Waals surface area (Å²) < 4.78 is 7.09. The summed E-state index contributed by atoms with van der Waals surface area (Å²) >= 11 is 0. The number of aryl methyl sites for hydroxylation is 1. The number of hydrogen-bond acceptors (Lipinski definition) is 3. The molecular weight excluding hydrogens is 242 g/mol. The van der Waals surface area contributed by atoms with Crippen LogP contribution in [-0.4, -0.2) is 28.8 Å². The maximum atomic E-state index is 11.5. The lowest BCUT2D eigenvalue weighted by molar-refractivity contribution is -0.121. The molecule has 0 aliphatic carbocycles. The van der Waals surface area contributed by atoms with E-state index in [4.69, 9.17) is 4.74 Å². The first-order valence-electron chi connectivity index (χ1n) is 6.17. The van der Waals surface area contributed by atoms with Gasteiger partial charge in [-0.25, -0.2) is 0 Å². The second-order valence-electron chi connectivity index (χ2n) is 4.22. The minimum atomic E-state index is -0.0730. The summed E-state index contributed by atoms with van der Waals surface area (Å²) in [5.74, 6) is 0.739. The third kappa shape index (κ3) is 4.46. The van der Waals surface area contributed by atoms with Gasteiger partial charge in [-0.3, -0.25) is 9.48 Å². The maximum absolute atomic E-state index is 11.5. The van der Waals surface area contributed by atoms with E-state index in [1.54, 1.807) is 23.1 Å². The van der Waals surface area contributed by atoms with E-state index < -0.39 is 0 Å². The number of carbonyl (C=O) groups is 1. The van der Waals surface area contributed by atoms with E-state index in [2.05, 4.69) is 10.4 Å². The molecule has 0 fully saturated rings. The molecule has 0 bridgehead atoms. The highest BCUT2D eigenvalue weighted by Gasteiger charge is 2.01. The largest absolute Gasteiger partial charge is 0.492 e. The molecule has 0 spiro atoms. The van der Waals surface area contributed by atoms with E-state index in [1.807, 2.05) is 31.2 Å². The van der Waals surface area contributed by atoms with Crippen LogP contribution in [0.25, 0.3) is 0 Å². The molecule has 1 N–H and O–H groups in total. The Labute approximate surface area is 112 Å². The number of hydrogen-bond donors (Lipinski definition) is 1. The number of rotatable bonds is 6. The first-order valence-corrected chi connectivity index (χ1v) is 6.17. The molecule has 0 radical (unpaired) electrons. The van der Waals surface area contributed by atoms with E-state index in [0.717, 1.165) is 5.75 Å². The Hall–Kier alpha value is -2.30. The summed E-state index contributed by atoms with van der Waals surface area (Å²) in [6.07, 6.45) is 3.40. The summed E-state index contributed by atoms with van der Waals surface area (Å²) in [6, 6.07) is 9.60. The number of amides is 1. The van der Waals surface area contributed by atoms with Crippen LogP contribution in [-0.2, 0) is 11.3 Å². The average Bonchev–Trinajstić information content (AvgIpc) is 2.89. The first-order chi connectivity index (χ1) is 9.24. The van der Waals surface area contributed by atoms with Gasteiger partial charge >= 0.3 is 0 Å². The quantitative estimate of drug-likeness (QED) is 0.797. The Bertz CT molecular complexity index is 506. The van der Waals surface area contributed by atoms with Gasteiger partial charge in [-0.2, -0.15) is 5.10 Å². The molecule has 5 nitrogen and oxygen atoms in total. The number of carbonyl (C=O) groups excluding carboxylic acids is 1. The monoisotopic (exact) mass is 259 g/mol. The second-order valence-corrected chi connectivity index (χ2v) is 4.22. The fourth-order valence-corrected chi connectivity index (χ4v) is 1.59. The Morgan fingerprint density at radius 3 is 2.84 bits per heavy atom. The fourth-order valence-electron chi connectivity index (χ4n) is 1.59. The number of benzene rings is 1.